The van der Waals surface area contributed by atoms with Crippen LogP contribution in [0.5, 0.6) is 0 Å². The van der Waals surface area contributed by atoms with Gasteiger partial charge in [0.05, 0.1) is 0 Å². The Hall–Kier alpha value is -0.990. The summed E-state index contributed by atoms with van der Waals surface area (Å²) in [5.74, 6) is -0.0361. The molecule has 16 heavy (non-hydrogen) atoms. The Bertz CT molecular complexity index is 439. The second-order valence-corrected chi connectivity index (χ2v) is 4.54. The van der Waals surface area contributed by atoms with Crippen LogP contribution in [0.4, 0.5) is 0 Å². The molecule has 0 aliphatic heterocycles. The van der Waals surface area contributed by atoms with Crippen LogP contribution in [-0.2, 0) is 4.79 Å². The van der Waals surface area contributed by atoms with Gasteiger partial charge in [0.1, 0.15) is 0 Å². The highest BCUT2D eigenvalue weighted by Gasteiger charge is 2.07. The predicted octanol–water partition coefficient (Wildman–Crippen LogP) is 3.48. The van der Waals surface area contributed by atoms with Crippen molar-refractivity contribution in [1.82, 2.24) is 4.90 Å². The first-order valence-electron chi connectivity index (χ1n) is 4.77. The van der Waals surface area contributed by atoms with Crippen LogP contribution in [0.25, 0.3) is 6.08 Å². The van der Waals surface area contributed by atoms with E-state index < -0.39 is 0 Å². The quantitative estimate of drug-likeness (QED) is 0.743. The maximum Gasteiger partial charge on any atom is 0.248 e. The van der Waals surface area contributed by atoms with E-state index in [9.17, 15) is 4.79 Å². The van der Waals surface area contributed by atoms with Gasteiger partial charge in [0, 0.05) is 29.7 Å². The minimum absolute atomic E-state index is 0.0361. The Morgan fingerprint density at radius 1 is 1.31 bits per heavy atom. The molecule has 0 saturated carbocycles. The highest BCUT2D eigenvalue weighted by atomic mass is 35.5. The lowest BCUT2D eigenvalue weighted by molar-refractivity contribution is -0.124. The van der Waals surface area contributed by atoms with Crippen LogP contribution in [0.15, 0.2) is 23.8 Å². The summed E-state index contributed by atoms with van der Waals surface area (Å²) in [5.41, 5.74) is 1.42. The minimum atomic E-state index is -0.0361. The molecule has 0 radical (unpaired) electrons. The molecule has 0 spiro atoms. The first-order chi connectivity index (χ1) is 7.41. The van der Waals surface area contributed by atoms with Crippen molar-refractivity contribution in [3.63, 3.8) is 0 Å². The number of likely N-dealkylation sites (N-methyl/N-ethyl adjacent to an activating group) is 1. The summed E-state index contributed by atoms with van der Waals surface area (Å²) < 4.78 is 0. The number of benzene rings is 1. The van der Waals surface area contributed by atoms with E-state index in [1.54, 1.807) is 45.3 Å². The predicted molar refractivity (Wildman–Crippen MR) is 68.8 cm³/mol. The molecule has 4 heteroatoms. The molecular formula is C12H13Cl2NO. The Balaban J connectivity index is 3.03. The van der Waals surface area contributed by atoms with Crippen molar-refractivity contribution in [2.45, 2.75) is 6.92 Å². The zero-order chi connectivity index (χ0) is 12.3. The van der Waals surface area contributed by atoms with E-state index in [4.69, 9.17) is 23.2 Å². The molecule has 86 valence electrons. The Kier molecular flexibility index (Phi) is 4.39. The van der Waals surface area contributed by atoms with Gasteiger partial charge in [-0.2, -0.15) is 0 Å². The topological polar surface area (TPSA) is 20.3 Å². The number of carbonyl (C=O) groups excluding carboxylic acids is 1. The number of hydrogen-bond acceptors (Lipinski definition) is 1. The largest absolute Gasteiger partial charge is 0.345 e. The summed E-state index contributed by atoms with van der Waals surface area (Å²) in [7, 11) is 3.42. The third-order valence-electron chi connectivity index (χ3n) is 2.08. The van der Waals surface area contributed by atoms with Crippen LogP contribution in [0.2, 0.25) is 10.0 Å². The lowest BCUT2D eigenvalue weighted by atomic mass is 10.1. The van der Waals surface area contributed by atoms with Gasteiger partial charge in [0.15, 0.2) is 0 Å². The summed E-state index contributed by atoms with van der Waals surface area (Å²) in [6, 6.07) is 5.19. The van der Waals surface area contributed by atoms with Crippen molar-refractivity contribution >= 4 is 35.2 Å². The second kappa shape index (κ2) is 5.37. The first-order valence-corrected chi connectivity index (χ1v) is 5.52. The van der Waals surface area contributed by atoms with E-state index in [0.717, 1.165) is 5.56 Å². The van der Waals surface area contributed by atoms with Crippen molar-refractivity contribution < 1.29 is 4.79 Å². The molecule has 0 bridgehead atoms. The third kappa shape index (κ3) is 3.26. The van der Waals surface area contributed by atoms with Gasteiger partial charge in [-0.3, -0.25) is 4.79 Å². The fraction of sp³-hybridized carbons (Fsp3) is 0.250. The fourth-order valence-corrected chi connectivity index (χ4v) is 1.73. The van der Waals surface area contributed by atoms with Gasteiger partial charge in [-0.05, 0) is 30.7 Å². The second-order valence-electron chi connectivity index (χ2n) is 3.69. The van der Waals surface area contributed by atoms with Crippen molar-refractivity contribution in [1.29, 1.82) is 0 Å². The van der Waals surface area contributed by atoms with Gasteiger partial charge in [-0.25, -0.2) is 0 Å². The smallest absolute Gasteiger partial charge is 0.248 e. The van der Waals surface area contributed by atoms with E-state index >= 15 is 0 Å². The maximum absolute atomic E-state index is 11.6. The van der Waals surface area contributed by atoms with Gasteiger partial charge in [-0.1, -0.05) is 29.3 Å². The molecule has 1 rings (SSSR count). The number of amides is 1. The molecule has 0 atom stereocenters. The molecule has 0 saturated heterocycles. The number of hydrogen-bond donors (Lipinski definition) is 0. The number of halogens is 2. The van der Waals surface area contributed by atoms with Gasteiger partial charge in [0.25, 0.3) is 0 Å². The SMILES string of the molecule is CC(=Cc1ccc(Cl)cc1Cl)C(=O)N(C)C. The molecule has 1 aromatic carbocycles. The van der Waals surface area contributed by atoms with E-state index in [1.807, 2.05) is 0 Å². The normalized spacial score (nSPS) is 11.4. The monoisotopic (exact) mass is 257 g/mol. The summed E-state index contributed by atoms with van der Waals surface area (Å²) in [6.07, 6.45) is 1.75. The van der Waals surface area contributed by atoms with E-state index in [2.05, 4.69) is 0 Å². The Morgan fingerprint density at radius 2 is 1.94 bits per heavy atom. The van der Waals surface area contributed by atoms with Gasteiger partial charge >= 0.3 is 0 Å². The zero-order valence-electron chi connectivity index (χ0n) is 9.42. The van der Waals surface area contributed by atoms with Crippen molar-refractivity contribution in [3.05, 3.63) is 39.4 Å². The summed E-state index contributed by atoms with van der Waals surface area (Å²) in [5, 5.41) is 1.12. The number of carbonyl (C=O) groups is 1. The lowest BCUT2D eigenvalue weighted by Gasteiger charge is -2.10. The molecule has 2 nitrogen and oxygen atoms in total. The van der Waals surface area contributed by atoms with Crippen LogP contribution < -0.4 is 0 Å². The highest BCUT2D eigenvalue weighted by molar-refractivity contribution is 6.35. The molecular weight excluding hydrogens is 245 g/mol. The maximum atomic E-state index is 11.6. The molecule has 0 heterocycles. The van der Waals surface area contributed by atoms with E-state index in [1.165, 1.54) is 4.90 Å². The van der Waals surface area contributed by atoms with Crippen LogP contribution >= 0.6 is 23.2 Å². The fourth-order valence-electron chi connectivity index (χ4n) is 1.27. The molecule has 0 fully saturated rings. The average Bonchev–Trinajstić information content (AvgIpc) is 2.20. The molecule has 0 aromatic heterocycles. The lowest BCUT2D eigenvalue weighted by Crippen LogP contribution is -2.22. The average molecular weight is 258 g/mol. The molecule has 0 aliphatic carbocycles. The summed E-state index contributed by atoms with van der Waals surface area (Å²) >= 11 is 11.8. The molecule has 0 aliphatic rings. The van der Waals surface area contributed by atoms with Crippen LogP contribution in [-0.4, -0.2) is 24.9 Å². The van der Waals surface area contributed by atoms with E-state index in [-0.39, 0.29) is 5.91 Å². The third-order valence-corrected chi connectivity index (χ3v) is 2.64. The highest BCUT2D eigenvalue weighted by Crippen LogP contribution is 2.23. The van der Waals surface area contributed by atoms with Gasteiger partial charge in [0.2, 0.25) is 5.91 Å². The molecule has 1 aromatic rings. The summed E-state index contributed by atoms with van der Waals surface area (Å²) in [4.78, 5) is 13.1. The summed E-state index contributed by atoms with van der Waals surface area (Å²) in [6.45, 7) is 1.76. The standard InChI is InChI=1S/C12H13Cl2NO/c1-8(12(16)15(2)3)6-9-4-5-10(13)7-11(9)14/h4-7H,1-3H3. The van der Waals surface area contributed by atoms with Crippen molar-refractivity contribution in [2.75, 3.05) is 14.1 Å². The Labute approximate surface area is 105 Å². The minimum Gasteiger partial charge on any atom is -0.345 e. The molecule has 1 amide bonds. The first kappa shape index (κ1) is 13.1. The van der Waals surface area contributed by atoms with Crippen LogP contribution in [0, 0.1) is 0 Å². The number of rotatable bonds is 2. The van der Waals surface area contributed by atoms with Crippen LogP contribution in [0.1, 0.15) is 12.5 Å². The molecule has 0 N–H and O–H groups in total. The van der Waals surface area contributed by atoms with Gasteiger partial charge < -0.3 is 4.90 Å². The van der Waals surface area contributed by atoms with Crippen molar-refractivity contribution in [2.24, 2.45) is 0 Å². The molecule has 0 unspecified atom stereocenters. The van der Waals surface area contributed by atoms with E-state index in [0.29, 0.717) is 15.6 Å². The van der Waals surface area contributed by atoms with Crippen LogP contribution in [0.3, 0.4) is 0 Å². The Morgan fingerprint density at radius 3 is 2.44 bits per heavy atom. The number of nitrogens with zero attached hydrogens (tertiary/aromatic N) is 1. The van der Waals surface area contributed by atoms with Crippen molar-refractivity contribution in [3.8, 4) is 0 Å². The zero-order valence-corrected chi connectivity index (χ0v) is 10.9. The van der Waals surface area contributed by atoms with Gasteiger partial charge in [-0.15, -0.1) is 0 Å².